The molecule has 1 amide bonds. The number of amides is 1. The third-order valence-corrected chi connectivity index (χ3v) is 3.64. The first-order valence-electron chi connectivity index (χ1n) is 5.56. The highest BCUT2D eigenvalue weighted by Crippen LogP contribution is 2.21. The van der Waals surface area contributed by atoms with Crippen LogP contribution in [0.4, 0.5) is 5.69 Å². The van der Waals surface area contributed by atoms with Crippen LogP contribution in [0.15, 0.2) is 15.5 Å². The van der Waals surface area contributed by atoms with Crippen molar-refractivity contribution in [3.05, 3.63) is 21.0 Å². The van der Waals surface area contributed by atoms with Gasteiger partial charge in [-0.15, -0.1) is 0 Å². The van der Waals surface area contributed by atoms with Gasteiger partial charge in [0.1, 0.15) is 4.47 Å². The van der Waals surface area contributed by atoms with Gasteiger partial charge in [0, 0.05) is 26.2 Å². The molecule has 98 valence electrons. The van der Waals surface area contributed by atoms with Crippen molar-refractivity contribution in [2.24, 2.45) is 5.73 Å². The van der Waals surface area contributed by atoms with Crippen LogP contribution in [-0.2, 0) is 4.79 Å². The summed E-state index contributed by atoms with van der Waals surface area (Å²) in [5, 5.41) is 6.15. The molecule has 1 aromatic rings. The molecule has 0 bridgehead atoms. The molecule has 1 fully saturated rings. The Bertz CT molecular complexity index is 495. The highest BCUT2D eigenvalue weighted by molar-refractivity contribution is 9.10. The minimum Gasteiger partial charge on any atom is -0.369 e. The van der Waals surface area contributed by atoms with E-state index in [-0.39, 0.29) is 18.0 Å². The second-order valence-corrected chi connectivity index (χ2v) is 4.92. The average molecular weight is 316 g/mol. The van der Waals surface area contributed by atoms with E-state index in [1.807, 2.05) is 4.90 Å². The number of nitrogens with zero attached hydrogens (tertiary/aromatic N) is 3. The number of aromatic amines is 1. The Morgan fingerprint density at radius 1 is 1.44 bits per heavy atom. The van der Waals surface area contributed by atoms with Crippen LogP contribution >= 0.6 is 15.9 Å². The largest absolute Gasteiger partial charge is 0.369 e. The number of hydrogen-bond donors (Lipinski definition) is 2. The third kappa shape index (κ3) is 2.88. The van der Waals surface area contributed by atoms with Gasteiger partial charge in [-0.3, -0.25) is 14.5 Å². The van der Waals surface area contributed by atoms with Crippen LogP contribution in [0.25, 0.3) is 0 Å². The SMILES string of the molecule is NC(=O)CN1CCN(c2cn[nH]c(=O)c2Br)CC1. The van der Waals surface area contributed by atoms with Crippen LogP contribution < -0.4 is 16.2 Å². The molecular weight excluding hydrogens is 302 g/mol. The Hall–Kier alpha value is -1.41. The second-order valence-electron chi connectivity index (χ2n) is 4.13. The van der Waals surface area contributed by atoms with Gasteiger partial charge in [0.05, 0.1) is 18.4 Å². The predicted molar refractivity (Wildman–Crippen MR) is 70.4 cm³/mol. The van der Waals surface area contributed by atoms with E-state index >= 15 is 0 Å². The summed E-state index contributed by atoms with van der Waals surface area (Å²) in [6.07, 6.45) is 1.62. The number of hydrogen-bond acceptors (Lipinski definition) is 5. The topological polar surface area (TPSA) is 95.3 Å². The number of nitrogens with two attached hydrogens (primary N) is 1. The maximum atomic E-state index is 11.4. The van der Waals surface area contributed by atoms with Gasteiger partial charge in [0.25, 0.3) is 5.56 Å². The van der Waals surface area contributed by atoms with E-state index in [1.54, 1.807) is 6.20 Å². The lowest BCUT2D eigenvalue weighted by Crippen LogP contribution is -2.49. The fraction of sp³-hybridized carbons (Fsp3) is 0.500. The summed E-state index contributed by atoms with van der Waals surface area (Å²) in [6, 6.07) is 0. The summed E-state index contributed by atoms with van der Waals surface area (Å²) in [5.74, 6) is -0.317. The van der Waals surface area contributed by atoms with Crippen molar-refractivity contribution in [3.63, 3.8) is 0 Å². The average Bonchev–Trinajstić information content (AvgIpc) is 2.33. The lowest BCUT2D eigenvalue weighted by atomic mass is 10.3. The number of nitrogens with one attached hydrogen (secondary N) is 1. The number of carbonyl (C=O) groups is 1. The van der Waals surface area contributed by atoms with E-state index in [9.17, 15) is 9.59 Å². The number of aromatic nitrogens is 2. The zero-order chi connectivity index (χ0) is 13.1. The number of halogens is 1. The van der Waals surface area contributed by atoms with Crippen LogP contribution in [0, 0.1) is 0 Å². The molecule has 1 aliphatic rings. The first-order valence-corrected chi connectivity index (χ1v) is 6.36. The fourth-order valence-electron chi connectivity index (χ4n) is 1.96. The quantitative estimate of drug-likeness (QED) is 0.757. The molecule has 3 N–H and O–H groups in total. The van der Waals surface area contributed by atoms with Crippen molar-refractivity contribution in [2.45, 2.75) is 0 Å². The predicted octanol–water partition coefficient (Wildman–Crippen LogP) is -0.860. The molecule has 2 rings (SSSR count). The van der Waals surface area contributed by atoms with Crippen LogP contribution in [-0.4, -0.2) is 53.7 Å². The Balaban J connectivity index is 2.03. The number of rotatable bonds is 3. The van der Waals surface area contributed by atoms with E-state index in [1.165, 1.54) is 0 Å². The summed E-state index contributed by atoms with van der Waals surface area (Å²) in [6.45, 7) is 3.22. The summed E-state index contributed by atoms with van der Waals surface area (Å²) < 4.78 is 0.487. The molecule has 2 heterocycles. The lowest BCUT2D eigenvalue weighted by Gasteiger charge is -2.35. The lowest BCUT2D eigenvalue weighted by molar-refractivity contribution is -0.119. The first-order chi connectivity index (χ1) is 8.58. The summed E-state index contributed by atoms with van der Waals surface area (Å²) in [4.78, 5) is 26.3. The van der Waals surface area contributed by atoms with Gasteiger partial charge in [0.2, 0.25) is 5.91 Å². The highest BCUT2D eigenvalue weighted by Gasteiger charge is 2.20. The van der Waals surface area contributed by atoms with Gasteiger partial charge in [-0.25, -0.2) is 5.10 Å². The molecule has 8 heteroatoms. The highest BCUT2D eigenvalue weighted by atomic mass is 79.9. The number of H-pyrrole nitrogens is 1. The molecule has 1 aromatic heterocycles. The van der Waals surface area contributed by atoms with Crippen molar-refractivity contribution in [3.8, 4) is 0 Å². The summed E-state index contributed by atoms with van der Waals surface area (Å²) in [7, 11) is 0. The van der Waals surface area contributed by atoms with Crippen molar-refractivity contribution < 1.29 is 4.79 Å². The molecule has 7 nitrogen and oxygen atoms in total. The van der Waals surface area contributed by atoms with Crippen LogP contribution in [0.1, 0.15) is 0 Å². The first kappa shape index (κ1) is 13.0. The van der Waals surface area contributed by atoms with Crippen LogP contribution in [0.2, 0.25) is 0 Å². The monoisotopic (exact) mass is 315 g/mol. The summed E-state index contributed by atoms with van der Waals surface area (Å²) >= 11 is 3.26. The van der Waals surface area contributed by atoms with E-state index in [0.717, 1.165) is 31.9 Å². The van der Waals surface area contributed by atoms with Crippen molar-refractivity contribution in [1.29, 1.82) is 0 Å². The fourth-order valence-corrected chi connectivity index (χ4v) is 2.40. The standard InChI is InChI=1S/C10H14BrN5O2/c11-9-7(5-13-14-10(9)18)16-3-1-15(2-4-16)6-8(12)17/h5H,1-4,6H2,(H2,12,17)(H,14,18). The molecule has 0 atom stereocenters. The van der Waals surface area contributed by atoms with Gasteiger partial charge < -0.3 is 10.6 Å². The Kier molecular flexibility index (Phi) is 3.97. The number of carbonyl (C=O) groups excluding carboxylic acids is 1. The normalized spacial score (nSPS) is 16.8. The molecule has 1 saturated heterocycles. The van der Waals surface area contributed by atoms with E-state index in [4.69, 9.17) is 5.73 Å². The maximum absolute atomic E-state index is 11.4. The molecule has 0 aromatic carbocycles. The minimum atomic E-state index is -0.317. The van der Waals surface area contributed by atoms with Gasteiger partial charge in [-0.05, 0) is 15.9 Å². The summed E-state index contributed by atoms with van der Waals surface area (Å²) in [5.41, 5.74) is 5.69. The number of primary amides is 1. The van der Waals surface area contributed by atoms with E-state index in [2.05, 4.69) is 31.0 Å². The molecule has 18 heavy (non-hydrogen) atoms. The third-order valence-electron chi connectivity index (χ3n) is 2.87. The molecule has 0 aliphatic carbocycles. The Morgan fingerprint density at radius 2 is 2.11 bits per heavy atom. The molecule has 0 saturated carbocycles. The maximum Gasteiger partial charge on any atom is 0.280 e. The van der Waals surface area contributed by atoms with Crippen molar-refractivity contribution in [1.82, 2.24) is 15.1 Å². The van der Waals surface area contributed by atoms with Gasteiger partial charge in [0.15, 0.2) is 0 Å². The molecule has 1 aliphatic heterocycles. The van der Waals surface area contributed by atoms with E-state index in [0.29, 0.717) is 4.47 Å². The van der Waals surface area contributed by atoms with Gasteiger partial charge in [-0.2, -0.15) is 5.10 Å². The van der Waals surface area contributed by atoms with Crippen LogP contribution in [0.5, 0.6) is 0 Å². The second kappa shape index (κ2) is 5.49. The smallest absolute Gasteiger partial charge is 0.280 e. The van der Waals surface area contributed by atoms with Crippen LogP contribution in [0.3, 0.4) is 0 Å². The molecule has 0 unspecified atom stereocenters. The number of piperazine rings is 1. The molecular formula is C10H14BrN5O2. The van der Waals surface area contributed by atoms with Gasteiger partial charge >= 0.3 is 0 Å². The Morgan fingerprint density at radius 3 is 2.72 bits per heavy atom. The van der Waals surface area contributed by atoms with Crippen molar-refractivity contribution in [2.75, 3.05) is 37.6 Å². The minimum absolute atomic E-state index is 0.243. The van der Waals surface area contributed by atoms with Gasteiger partial charge in [-0.1, -0.05) is 0 Å². The Labute approximate surface area is 112 Å². The van der Waals surface area contributed by atoms with E-state index < -0.39 is 0 Å². The zero-order valence-corrected chi connectivity index (χ0v) is 11.3. The molecule has 0 spiro atoms. The number of anilines is 1. The zero-order valence-electron chi connectivity index (χ0n) is 9.73. The molecule has 0 radical (unpaired) electrons. The van der Waals surface area contributed by atoms with Crippen molar-refractivity contribution >= 4 is 27.5 Å².